The van der Waals surface area contributed by atoms with E-state index >= 15 is 0 Å². The highest BCUT2D eigenvalue weighted by Gasteiger charge is 2.51. The molecule has 0 bridgehead atoms. The number of hydrogen-bond acceptors (Lipinski definition) is 2. The van der Waals surface area contributed by atoms with Gasteiger partial charge in [-0.1, -0.05) is 6.92 Å². The number of carboxylic acid groups (broad SMARTS) is 1. The average Bonchev–Trinajstić information content (AvgIpc) is 1.79. The van der Waals surface area contributed by atoms with E-state index in [1.54, 1.807) is 0 Å². The molecule has 3 N–H and O–H groups in total. The zero-order valence-corrected chi connectivity index (χ0v) is 8.63. The van der Waals surface area contributed by atoms with Gasteiger partial charge in [-0.3, -0.25) is 4.79 Å². The summed E-state index contributed by atoms with van der Waals surface area (Å²) in [6.07, 6.45) is 2.10. The average molecular weight is 185 g/mol. The minimum absolute atomic E-state index is 0.168. The van der Waals surface area contributed by atoms with E-state index in [0.29, 0.717) is 5.92 Å². The largest absolute Gasteiger partial charge is 0.481 e. The smallest absolute Gasteiger partial charge is 0.303 e. The Morgan fingerprint density at radius 2 is 2.08 bits per heavy atom. The van der Waals surface area contributed by atoms with Gasteiger partial charge in [0.25, 0.3) is 0 Å². The van der Waals surface area contributed by atoms with E-state index in [9.17, 15) is 4.79 Å². The Morgan fingerprint density at radius 1 is 1.62 bits per heavy atom. The molecule has 0 aromatic rings. The van der Waals surface area contributed by atoms with Crippen LogP contribution >= 0.6 is 0 Å². The molecule has 0 aliphatic heterocycles. The maximum Gasteiger partial charge on any atom is 0.303 e. The fourth-order valence-corrected chi connectivity index (χ4v) is 2.46. The lowest BCUT2D eigenvalue weighted by Crippen LogP contribution is -2.58. The highest BCUT2D eigenvalue weighted by Crippen LogP contribution is 2.53. The van der Waals surface area contributed by atoms with Gasteiger partial charge in [0.2, 0.25) is 0 Å². The summed E-state index contributed by atoms with van der Waals surface area (Å²) in [7, 11) is 0. The number of aliphatic carboxylic acids is 1. The van der Waals surface area contributed by atoms with Crippen LogP contribution in [0.25, 0.3) is 0 Å². The third-order valence-electron chi connectivity index (χ3n) is 3.33. The van der Waals surface area contributed by atoms with E-state index in [-0.39, 0.29) is 17.4 Å². The molecule has 1 fully saturated rings. The monoisotopic (exact) mass is 185 g/mol. The first-order valence-electron chi connectivity index (χ1n) is 4.77. The summed E-state index contributed by atoms with van der Waals surface area (Å²) in [5, 5.41) is 8.81. The predicted molar refractivity (Wildman–Crippen MR) is 51.4 cm³/mol. The van der Waals surface area contributed by atoms with Gasteiger partial charge in [0.1, 0.15) is 0 Å². The Bertz CT molecular complexity index is 211. The molecule has 13 heavy (non-hydrogen) atoms. The summed E-state index contributed by atoms with van der Waals surface area (Å²) < 4.78 is 0. The Labute approximate surface area is 79.3 Å². The van der Waals surface area contributed by atoms with Crippen molar-refractivity contribution in [1.82, 2.24) is 0 Å². The molecule has 0 radical (unpaired) electrons. The lowest BCUT2D eigenvalue weighted by molar-refractivity contribution is -0.145. The van der Waals surface area contributed by atoms with Crippen molar-refractivity contribution in [3.63, 3.8) is 0 Å². The Hall–Kier alpha value is -0.570. The molecular formula is C10H19NO2. The van der Waals surface area contributed by atoms with Crippen molar-refractivity contribution < 1.29 is 9.90 Å². The molecule has 1 aliphatic carbocycles. The topological polar surface area (TPSA) is 63.3 Å². The maximum absolute atomic E-state index is 10.7. The quantitative estimate of drug-likeness (QED) is 0.702. The van der Waals surface area contributed by atoms with Crippen molar-refractivity contribution in [2.24, 2.45) is 17.1 Å². The normalized spacial score (nSPS) is 34.0. The zero-order valence-electron chi connectivity index (χ0n) is 8.63. The van der Waals surface area contributed by atoms with E-state index in [2.05, 4.69) is 6.92 Å². The van der Waals surface area contributed by atoms with Gasteiger partial charge in [-0.05, 0) is 38.0 Å². The van der Waals surface area contributed by atoms with Crippen molar-refractivity contribution in [2.75, 3.05) is 0 Å². The number of hydrogen-bond donors (Lipinski definition) is 2. The number of carbonyl (C=O) groups is 1. The minimum Gasteiger partial charge on any atom is -0.481 e. The summed E-state index contributed by atoms with van der Waals surface area (Å²) >= 11 is 0. The molecule has 1 rings (SSSR count). The van der Waals surface area contributed by atoms with Gasteiger partial charge in [-0.15, -0.1) is 0 Å². The molecule has 0 spiro atoms. The van der Waals surface area contributed by atoms with Crippen LogP contribution in [0.3, 0.4) is 0 Å². The predicted octanol–water partition coefficient (Wildman–Crippen LogP) is 1.61. The first-order valence-corrected chi connectivity index (χ1v) is 4.77. The minimum atomic E-state index is -0.731. The van der Waals surface area contributed by atoms with E-state index in [4.69, 9.17) is 10.8 Å². The van der Waals surface area contributed by atoms with E-state index in [0.717, 1.165) is 12.8 Å². The van der Waals surface area contributed by atoms with Gasteiger partial charge in [0.05, 0.1) is 6.42 Å². The number of rotatable bonds is 3. The Balaban J connectivity index is 2.73. The molecule has 0 unspecified atom stereocenters. The lowest BCUT2D eigenvalue weighted by Gasteiger charge is -2.54. The molecule has 76 valence electrons. The highest BCUT2D eigenvalue weighted by atomic mass is 16.4. The van der Waals surface area contributed by atoms with E-state index < -0.39 is 5.97 Å². The van der Waals surface area contributed by atoms with Crippen LogP contribution in [0.15, 0.2) is 0 Å². The second-order valence-electron chi connectivity index (χ2n) is 5.09. The standard InChI is InChI=1S/C10H19NO2/c1-7-4-10(5-7,6-8(12)13)9(2,3)11/h7H,4-6,11H2,1-3H3,(H,12,13). The van der Waals surface area contributed by atoms with Gasteiger partial charge in [-0.2, -0.15) is 0 Å². The van der Waals surface area contributed by atoms with E-state index in [1.807, 2.05) is 13.8 Å². The van der Waals surface area contributed by atoms with Gasteiger partial charge >= 0.3 is 5.97 Å². The molecule has 0 amide bonds. The van der Waals surface area contributed by atoms with Crippen LogP contribution in [-0.4, -0.2) is 16.6 Å². The van der Waals surface area contributed by atoms with Crippen LogP contribution in [0, 0.1) is 11.3 Å². The molecule has 3 heteroatoms. The fraction of sp³-hybridized carbons (Fsp3) is 0.900. The summed E-state index contributed by atoms with van der Waals surface area (Å²) in [6, 6.07) is 0. The Morgan fingerprint density at radius 3 is 2.31 bits per heavy atom. The first-order chi connectivity index (χ1) is 5.77. The molecule has 3 nitrogen and oxygen atoms in total. The van der Waals surface area contributed by atoms with Crippen molar-refractivity contribution >= 4 is 5.97 Å². The lowest BCUT2D eigenvalue weighted by atomic mass is 9.53. The third kappa shape index (κ3) is 1.85. The van der Waals surface area contributed by atoms with Crippen molar-refractivity contribution in [3.05, 3.63) is 0 Å². The third-order valence-corrected chi connectivity index (χ3v) is 3.33. The van der Waals surface area contributed by atoms with Crippen LogP contribution in [0.2, 0.25) is 0 Å². The SMILES string of the molecule is CC1CC(CC(=O)O)(C(C)(C)N)C1. The summed E-state index contributed by atoms with van der Waals surface area (Å²) in [6.45, 7) is 6.01. The molecule has 0 saturated heterocycles. The van der Waals surface area contributed by atoms with Crippen molar-refractivity contribution in [3.8, 4) is 0 Å². The highest BCUT2D eigenvalue weighted by molar-refractivity contribution is 5.68. The van der Waals surface area contributed by atoms with Gasteiger partial charge in [0.15, 0.2) is 0 Å². The van der Waals surface area contributed by atoms with Gasteiger partial charge < -0.3 is 10.8 Å². The van der Waals surface area contributed by atoms with Crippen LogP contribution in [0.5, 0.6) is 0 Å². The van der Waals surface area contributed by atoms with Crippen molar-refractivity contribution in [1.29, 1.82) is 0 Å². The van der Waals surface area contributed by atoms with Crippen LogP contribution in [0.4, 0.5) is 0 Å². The Kier molecular flexibility index (Phi) is 2.41. The van der Waals surface area contributed by atoms with Gasteiger partial charge in [-0.25, -0.2) is 0 Å². The second-order valence-corrected chi connectivity index (χ2v) is 5.09. The number of nitrogens with two attached hydrogens (primary N) is 1. The molecule has 0 atom stereocenters. The fourth-order valence-electron chi connectivity index (χ4n) is 2.46. The van der Waals surface area contributed by atoms with Gasteiger partial charge in [0, 0.05) is 5.54 Å². The first kappa shape index (κ1) is 10.5. The molecule has 0 aromatic carbocycles. The zero-order chi connectivity index (χ0) is 10.3. The summed E-state index contributed by atoms with van der Waals surface area (Å²) in [4.78, 5) is 10.7. The molecule has 1 aliphatic rings. The second kappa shape index (κ2) is 2.98. The van der Waals surface area contributed by atoms with Crippen molar-refractivity contribution in [2.45, 2.75) is 45.6 Å². The summed E-state index contributed by atoms with van der Waals surface area (Å²) in [5.74, 6) is -0.104. The molecular weight excluding hydrogens is 166 g/mol. The van der Waals surface area contributed by atoms with Crippen LogP contribution in [0.1, 0.15) is 40.0 Å². The molecule has 0 aromatic heterocycles. The summed E-state index contributed by atoms with van der Waals surface area (Å²) in [5.41, 5.74) is 5.48. The molecule has 1 saturated carbocycles. The van der Waals surface area contributed by atoms with E-state index in [1.165, 1.54) is 0 Å². The maximum atomic E-state index is 10.7. The number of carboxylic acids is 1. The molecule has 0 heterocycles. The van der Waals surface area contributed by atoms with Crippen LogP contribution < -0.4 is 5.73 Å². The van der Waals surface area contributed by atoms with Crippen LogP contribution in [-0.2, 0) is 4.79 Å².